The van der Waals surface area contributed by atoms with Gasteiger partial charge in [-0.1, -0.05) is 59.3 Å². The van der Waals surface area contributed by atoms with Crippen LogP contribution in [0.3, 0.4) is 0 Å². The average molecular weight is 214 g/mol. The number of unbranched alkanes of at least 4 members (excludes halogenated alkanes) is 5. The second-order valence-electron chi connectivity index (χ2n) is 5.23. The zero-order valence-electron chi connectivity index (χ0n) is 11.0. The van der Waals surface area contributed by atoms with Crippen LogP contribution in [0.5, 0.6) is 0 Å². The minimum absolute atomic E-state index is 0.382. The van der Waals surface area contributed by atoms with Gasteiger partial charge in [0.25, 0.3) is 0 Å². The molecule has 0 saturated heterocycles. The van der Waals surface area contributed by atoms with Crippen molar-refractivity contribution < 1.29 is 5.11 Å². The van der Waals surface area contributed by atoms with Crippen molar-refractivity contribution in [2.75, 3.05) is 6.61 Å². The number of hydrogen-bond donors (Lipinski definition) is 1. The van der Waals surface area contributed by atoms with E-state index in [1.54, 1.807) is 0 Å². The summed E-state index contributed by atoms with van der Waals surface area (Å²) >= 11 is 0. The van der Waals surface area contributed by atoms with Crippen LogP contribution in [0.4, 0.5) is 0 Å². The summed E-state index contributed by atoms with van der Waals surface area (Å²) in [6.07, 6.45) is 10.6. The second kappa shape index (κ2) is 10.5. The highest BCUT2D eigenvalue weighted by molar-refractivity contribution is 4.60. The molecule has 92 valence electrons. The molecule has 0 bridgehead atoms. The van der Waals surface area contributed by atoms with Crippen molar-refractivity contribution in [3.63, 3.8) is 0 Å². The second-order valence-corrected chi connectivity index (χ2v) is 5.23. The summed E-state index contributed by atoms with van der Waals surface area (Å²) in [5.41, 5.74) is 0. The molecule has 15 heavy (non-hydrogen) atoms. The standard InChI is InChI=1S/C14H30O/c1-4-5-6-7-8-9-10-14(12-15)11-13(2)3/h13-15H,4-12H2,1-3H3. The van der Waals surface area contributed by atoms with Crippen LogP contribution in [0, 0.1) is 11.8 Å². The van der Waals surface area contributed by atoms with Gasteiger partial charge in [-0.3, -0.25) is 0 Å². The van der Waals surface area contributed by atoms with Gasteiger partial charge in [0.1, 0.15) is 0 Å². The molecule has 0 aromatic carbocycles. The van der Waals surface area contributed by atoms with E-state index < -0.39 is 0 Å². The van der Waals surface area contributed by atoms with E-state index in [1.807, 2.05) is 0 Å². The quantitative estimate of drug-likeness (QED) is 0.535. The minimum Gasteiger partial charge on any atom is -0.396 e. The Labute approximate surface area is 96.3 Å². The van der Waals surface area contributed by atoms with Crippen molar-refractivity contribution in [2.24, 2.45) is 11.8 Å². The molecule has 0 saturated carbocycles. The van der Waals surface area contributed by atoms with Crippen LogP contribution in [0.2, 0.25) is 0 Å². The molecule has 0 aromatic rings. The van der Waals surface area contributed by atoms with Crippen LogP contribution in [0.25, 0.3) is 0 Å². The molecule has 1 heteroatoms. The van der Waals surface area contributed by atoms with Crippen LogP contribution >= 0.6 is 0 Å². The van der Waals surface area contributed by atoms with Crippen LogP contribution in [0.1, 0.15) is 72.1 Å². The predicted molar refractivity (Wildman–Crippen MR) is 68.0 cm³/mol. The van der Waals surface area contributed by atoms with E-state index in [0.717, 1.165) is 5.92 Å². The SMILES string of the molecule is CCCCCCCCC(CO)CC(C)C. The number of aliphatic hydroxyl groups excluding tert-OH is 1. The lowest BCUT2D eigenvalue weighted by atomic mass is 9.92. The maximum Gasteiger partial charge on any atom is 0.0459 e. The van der Waals surface area contributed by atoms with E-state index in [-0.39, 0.29) is 0 Å². The third-order valence-corrected chi connectivity index (χ3v) is 3.03. The van der Waals surface area contributed by atoms with Crippen molar-refractivity contribution >= 4 is 0 Å². The van der Waals surface area contributed by atoms with Crippen molar-refractivity contribution in [1.29, 1.82) is 0 Å². The van der Waals surface area contributed by atoms with Crippen LogP contribution in [-0.4, -0.2) is 11.7 Å². The van der Waals surface area contributed by atoms with E-state index in [9.17, 15) is 5.11 Å². The summed E-state index contributed by atoms with van der Waals surface area (Å²) in [4.78, 5) is 0. The molecular formula is C14H30O. The summed E-state index contributed by atoms with van der Waals surface area (Å²) < 4.78 is 0. The Hall–Kier alpha value is -0.0400. The lowest BCUT2D eigenvalue weighted by molar-refractivity contribution is 0.195. The molecular weight excluding hydrogens is 184 g/mol. The summed E-state index contributed by atoms with van der Waals surface area (Å²) in [5, 5.41) is 9.22. The topological polar surface area (TPSA) is 20.2 Å². The molecule has 1 unspecified atom stereocenters. The highest BCUT2D eigenvalue weighted by atomic mass is 16.3. The first-order valence-electron chi connectivity index (χ1n) is 6.81. The highest BCUT2D eigenvalue weighted by Crippen LogP contribution is 2.18. The Morgan fingerprint density at radius 1 is 0.933 bits per heavy atom. The van der Waals surface area contributed by atoms with E-state index >= 15 is 0 Å². The zero-order chi connectivity index (χ0) is 11.5. The summed E-state index contributed by atoms with van der Waals surface area (Å²) in [6, 6.07) is 0. The minimum atomic E-state index is 0.382. The van der Waals surface area contributed by atoms with E-state index in [1.165, 1.54) is 51.4 Å². The maximum atomic E-state index is 9.22. The molecule has 0 aliphatic heterocycles. The molecule has 0 fully saturated rings. The lowest BCUT2D eigenvalue weighted by Crippen LogP contribution is -2.09. The van der Waals surface area contributed by atoms with Crippen molar-refractivity contribution in [1.82, 2.24) is 0 Å². The van der Waals surface area contributed by atoms with Gasteiger partial charge >= 0.3 is 0 Å². The van der Waals surface area contributed by atoms with Gasteiger partial charge in [0.05, 0.1) is 0 Å². The molecule has 1 N–H and O–H groups in total. The van der Waals surface area contributed by atoms with Crippen molar-refractivity contribution in [3.05, 3.63) is 0 Å². The number of aliphatic hydroxyl groups is 1. The van der Waals surface area contributed by atoms with E-state index in [2.05, 4.69) is 20.8 Å². The third-order valence-electron chi connectivity index (χ3n) is 3.03. The number of rotatable bonds is 10. The Morgan fingerprint density at radius 3 is 2.07 bits per heavy atom. The van der Waals surface area contributed by atoms with Crippen molar-refractivity contribution in [3.8, 4) is 0 Å². The first kappa shape index (κ1) is 15.0. The van der Waals surface area contributed by atoms with Gasteiger partial charge in [0.2, 0.25) is 0 Å². The predicted octanol–water partition coefficient (Wildman–Crippen LogP) is 4.39. The fraction of sp³-hybridized carbons (Fsp3) is 1.00. The van der Waals surface area contributed by atoms with Gasteiger partial charge in [-0.05, 0) is 24.7 Å². The van der Waals surface area contributed by atoms with Gasteiger partial charge in [0.15, 0.2) is 0 Å². The van der Waals surface area contributed by atoms with Gasteiger partial charge in [-0.2, -0.15) is 0 Å². The third kappa shape index (κ3) is 10.2. The Kier molecular flexibility index (Phi) is 10.4. The fourth-order valence-corrected chi connectivity index (χ4v) is 2.16. The van der Waals surface area contributed by atoms with Crippen LogP contribution < -0.4 is 0 Å². The van der Waals surface area contributed by atoms with Gasteiger partial charge in [-0.15, -0.1) is 0 Å². The molecule has 0 amide bonds. The van der Waals surface area contributed by atoms with Crippen LogP contribution in [-0.2, 0) is 0 Å². The monoisotopic (exact) mass is 214 g/mol. The molecule has 1 nitrogen and oxygen atoms in total. The smallest absolute Gasteiger partial charge is 0.0459 e. The summed E-state index contributed by atoms with van der Waals surface area (Å²) in [7, 11) is 0. The zero-order valence-corrected chi connectivity index (χ0v) is 11.0. The van der Waals surface area contributed by atoms with E-state index in [0.29, 0.717) is 12.5 Å². The summed E-state index contributed by atoms with van der Waals surface area (Å²) in [5.74, 6) is 1.28. The van der Waals surface area contributed by atoms with Gasteiger partial charge < -0.3 is 5.11 Å². The highest BCUT2D eigenvalue weighted by Gasteiger charge is 2.08. The van der Waals surface area contributed by atoms with E-state index in [4.69, 9.17) is 0 Å². The molecule has 0 spiro atoms. The van der Waals surface area contributed by atoms with Crippen LogP contribution in [0.15, 0.2) is 0 Å². The molecule has 0 radical (unpaired) electrons. The molecule has 0 heterocycles. The fourth-order valence-electron chi connectivity index (χ4n) is 2.16. The van der Waals surface area contributed by atoms with Gasteiger partial charge in [0, 0.05) is 6.61 Å². The number of hydrogen-bond acceptors (Lipinski definition) is 1. The molecule has 0 aliphatic carbocycles. The Morgan fingerprint density at radius 2 is 1.53 bits per heavy atom. The first-order valence-corrected chi connectivity index (χ1v) is 6.81. The molecule has 0 aliphatic rings. The normalized spacial score (nSPS) is 13.4. The average Bonchev–Trinajstić information content (AvgIpc) is 2.20. The molecule has 0 rings (SSSR count). The first-order chi connectivity index (χ1) is 7.20. The van der Waals surface area contributed by atoms with Crippen molar-refractivity contribution in [2.45, 2.75) is 72.1 Å². The van der Waals surface area contributed by atoms with Gasteiger partial charge in [-0.25, -0.2) is 0 Å². The molecule has 1 atom stereocenters. The Bertz CT molecular complexity index is 121. The maximum absolute atomic E-state index is 9.22. The largest absolute Gasteiger partial charge is 0.396 e. The Balaban J connectivity index is 3.30. The summed E-state index contributed by atoms with van der Waals surface area (Å²) in [6.45, 7) is 7.12. The lowest BCUT2D eigenvalue weighted by Gasteiger charge is -2.15. The molecule has 0 aromatic heterocycles.